The Bertz CT molecular complexity index is 313. The zero-order chi connectivity index (χ0) is 10.7. The normalized spacial score (nSPS) is 11.4. The van der Waals surface area contributed by atoms with Crippen LogP contribution in [0.2, 0.25) is 0 Å². The topological polar surface area (TPSA) is 33.1 Å². The van der Waals surface area contributed by atoms with Gasteiger partial charge in [0.1, 0.15) is 0 Å². The number of halogens is 2. The molecule has 0 spiro atoms. The zero-order valence-corrected chi connectivity index (χ0v) is 8.17. The predicted molar refractivity (Wildman–Crippen MR) is 49.2 cm³/mol. The summed E-state index contributed by atoms with van der Waals surface area (Å²) in [6.07, 6.45) is -1.13. The van der Waals surface area contributed by atoms with E-state index in [2.05, 4.69) is 4.98 Å². The Hall–Kier alpha value is -1.03. The Kier molecular flexibility index (Phi) is 3.52. The molecule has 1 heterocycles. The summed E-state index contributed by atoms with van der Waals surface area (Å²) in [6.45, 7) is 3.23. The Balaban J connectivity index is 3.28. The van der Waals surface area contributed by atoms with Crippen molar-refractivity contribution in [1.29, 1.82) is 0 Å². The lowest BCUT2D eigenvalue weighted by atomic mass is 10.00. The standard InChI is InChI=1S/C10H13F2NO/c1-6(2)9-8(10(11)12)7(5-14)3-4-13-9/h3-4,6,10,14H,5H2,1-2H3. The van der Waals surface area contributed by atoms with Gasteiger partial charge in [0.15, 0.2) is 0 Å². The molecule has 78 valence electrons. The highest BCUT2D eigenvalue weighted by atomic mass is 19.3. The molecule has 0 saturated heterocycles. The summed E-state index contributed by atoms with van der Waals surface area (Å²) >= 11 is 0. The third kappa shape index (κ3) is 2.07. The average Bonchev–Trinajstić information content (AvgIpc) is 2.16. The van der Waals surface area contributed by atoms with Crippen molar-refractivity contribution in [3.05, 3.63) is 29.1 Å². The molecule has 0 bridgehead atoms. The molecule has 0 aliphatic heterocycles. The summed E-state index contributed by atoms with van der Waals surface area (Å²) in [4.78, 5) is 3.92. The van der Waals surface area contributed by atoms with Gasteiger partial charge in [0.05, 0.1) is 12.3 Å². The molecule has 0 aliphatic carbocycles. The molecule has 0 atom stereocenters. The van der Waals surface area contributed by atoms with Gasteiger partial charge in [0.25, 0.3) is 6.43 Å². The molecule has 1 aromatic heterocycles. The van der Waals surface area contributed by atoms with Gasteiger partial charge in [-0.2, -0.15) is 0 Å². The molecule has 1 aromatic rings. The fourth-order valence-electron chi connectivity index (χ4n) is 1.38. The first-order chi connectivity index (χ1) is 6.57. The highest BCUT2D eigenvalue weighted by Crippen LogP contribution is 2.29. The Morgan fingerprint density at radius 1 is 1.43 bits per heavy atom. The third-order valence-corrected chi connectivity index (χ3v) is 2.05. The van der Waals surface area contributed by atoms with Crippen LogP contribution in [0.25, 0.3) is 0 Å². The van der Waals surface area contributed by atoms with E-state index in [1.54, 1.807) is 13.8 Å². The van der Waals surface area contributed by atoms with Crippen LogP contribution in [0, 0.1) is 0 Å². The summed E-state index contributed by atoms with van der Waals surface area (Å²) in [5, 5.41) is 8.91. The van der Waals surface area contributed by atoms with Gasteiger partial charge in [-0.1, -0.05) is 13.8 Å². The van der Waals surface area contributed by atoms with Crippen LogP contribution < -0.4 is 0 Å². The van der Waals surface area contributed by atoms with Crippen molar-refractivity contribution in [2.45, 2.75) is 32.8 Å². The second-order valence-electron chi connectivity index (χ2n) is 3.38. The van der Waals surface area contributed by atoms with Crippen molar-refractivity contribution in [1.82, 2.24) is 4.98 Å². The Morgan fingerprint density at radius 2 is 2.07 bits per heavy atom. The van der Waals surface area contributed by atoms with Crippen LogP contribution in [0.5, 0.6) is 0 Å². The summed E-state index contributed by atoms with van der Waals surface area (Å²) in [6, 6.07) is 1.42. The second-order valence-corrected chi connectivity index (χ2v) is 3.38. The summed E-state index contributed by atoms with van der Waals surface area (Å²) in [5.41, 5.74) is 0.509. The van der Waals surface area contributed by atoms with E-state index in [4.69, 9.17) is 5.11 Å². The van der Waals surface area contributed by atoms with E-state index in [1.807, 2.05) is 0 Å². The molecule has 4 heteroatoms. The predicted octanol–water partition coefficient (Wildman–Crippen LogP) is 2.63. The van der Waals surface area contributed by atoms with E-state index in [9.17, 15) is 8.78 Å². The van der Waals surface area contributed by atoms with E-state index >= 15 is 0 Å². The van der Waals surface area contributed by atoms with Gasteiger partial charge in [-0.3, -0.25) is 4.98 Å². The highest BCUT2D eigenvalue weighted by Gasteiger charge is 2.19. The van der Waals surface area contributed by atoms with E-state index in [-0.39, 0.29) is 23.7 Å². The molecule has 0 unspecified atom stereocenters. The molecule has 1 rings (SSSR count). The van der Waals surface area contributed by atoms with Crippen LogP contribution in [0.1, 0.15) is 43.0 Å². The van der Waals surface area contributed by atoms with E-state index in [1.165, 1.54) is 12.3 Å². The molecule has 0 radical (unpaired) electrons. The van der Waals surface area contributed by atoms with Gasteiger partial charge in [-0.05, 0) is 17.5 Å². The van der Waals surface area contributed by atoms with Gasteiger partial charge in [0.2, 0.25) is 0 Å². The fraction of sp³-hybridized carbons (Fsp3) is 0.500. The lowest BCUT2D eigenvalue weighted by molar-refractivity contribution is 0.145. The summed E-state index contributed by atoms with van der Waals surface area (Å²) in [5.74, 6) is -0.0644. The largest absolute Gasteiger partial charge is 0.392 e. The molecule has 0 saturated carbocycles. The molecule has 0 fully saturated rings. The molecule has 0 aliphatic rings. The highest BCUT2D eigenvalue weighted by molar-refractivity contribution is 5.32. The number of aliphatic hydroxyl groups excluding tert-OH is 1. The van der Waals surface area contributed by atoms with Gasteiger partial charge in [-0.25, -0.2) is 8.78 Å². The molecule has 14 heavy (non-hydrogen) atoms. The molecular weight excluding hydrogens is 188 g/mol. The maximum atomic E-state index is 12.7. The molecule has 0 aromatic carbocycles. The maximum Gasteiger partial charge on any atom is 0.265 e. The van der Waals surface area contributed by atoms with Crippen molar-refractivity contribution in [3.8, 4) is 0 Å². The number of aromatic nitrogens is 1. The number of hydrogen-bond acceptors (Lipinski definition) is 2. The fourth-order valence-corrected chi connectivity index (χ4v) is 1.38. The minimum absolute atomic E-state index is 0.0644. The number of alkyl halides is 2. The van der Waals surface area contributed by atoms with E-state index in [0.717, 1.165) is 0 Å². The van der Waals surface area contributed by atoms with Crippen LogP contribution in [-0.4, -0.2) is 10.1 Å². The molecule has 2 nitrogen and oxygen atoms in total. The van der Waals surface area contributed by atoms with Crippen molar-refractivity contribution in [2.24, 2.45) is 0 Å². The summed E-state index contributed by atoms with van der Waals surface area (Å²) in [7, 11) is 0. The van der Waals surface area contributed by atoms with Gasteiger partial charge in [-0.15, -0.1) is 0 Å². The Morgan fingerprint density at radius 3 is 2.50 bits per heavy atom. The number of aliphatic hydroxyl groups is 1. The lowest BCUT2D eigenvalue weighted by Gasteiger charge is -2.13. The van der Waals surface area contributed by atoms with Crippen LogP contribution in [0.15, 0.2) is 12.3 Å². The van der Waals surface area contributed by atoms with Crippen molar-refractivity contribution in [3.63, 3.8) is 0 Å². The number of hydrogen-bond donors (Lipinski definition) is 1. The van der Waals surface area contributed by atoms with Crippen LogP contribution >= 0.6 is 0 Å². The minimum Gasteiger partial charge on any atom is -0.392 e. The van der Waals surface area contributed by atoms with E-state index in [0.29, 0.717) is 5.69 Å². The van der Waals surface area contributed by atoms with Crippen LogP contribution in [-0.2, 0) is 6.61 Å². The van der Waals surface area contributed by atoms with Gasteiger partial charge < -0.3 is 5.11 Å². The summed E-state index contributed by atoms with van der Waals surface area (Å²) < 4.78 is 25.4. The molecule has 1 N–H and O–H groups in total. The third-order valence-electron chi connectivity index (χ3n) is 2.05. The monoisotopic (exact) mass is 201 g/mol. The van der Waals surface area contributed by atoms with Crippen LogP contribution in [0.3, 0.4) is 0 Å². The molecular formula is C10H13F2NO. The maximum absolute atomic E-state index is 12.7. The second kappa shape index (κ2) is 4.46. The Labute approximate surface area is 81.6 Å². The molecule has 0 amide bonds. The van der Waals surface area contributed by atoms with E-state index < -0.39 is 6.43 Å². The average molecular weight is 201 g/mol. The first-order valence-corrected chi connectivity index (χ1v) is 4.44. The van der Waals surface area contributed by atoms with Crippen molar-refractivity contribution >= 4 is 0 Å². The lowest BCUT2D eigenvalue weighted by Crippen LogP contribution is -2.05. The van der Waals surface area contributed by atoms with Gasteiger partial charge in [0, 0.05) is 11.8 Å². The zero-order valence-electron chi connectivity index (χ0n) is 8.17. The first-order valence-electron chi connectivity index (χ1n) is 4.44. The smallest absolute Gasteiger partial charge is 0.265 e. The number of rotatable bonds is 3. The SMILES string of the molecule is CC(C)c1nccc(CO)c1C(F)F. The van der Waals surface area contributed by atoms with Crippen LogP contribution in [0.4, 0.5) is 8.78 Å². The minimum atomic E-state index is -2.58. The van der Waals surface area contributed by atoms with Crippen molar-refractivity contribution < 1.29 is 13.9 Å². The van der Waals surface area contributed by atoms with Crippen molar-refractivity contribution in [2.75, 3.05) is 0 Å². The van der Waals surface area contributed by atoms with Gasteiger partial charge >= 0.3 is 0 Å². The number of nitrogens with zero attached hydrogens (tertiary/aromatic N) is 1. The quantitative estimate of drug-likeness (QED) is 0.815. The first kappa shape index (κ1) is 11.0. The number of pyridine rings is 1.